The molecular formula is C12H17N3O5. The molecule has 0 saturated carbocycles. The van der Waals surface area contributed by atoms with Gasteiger partial charge in [0, 0.05) is 18.2 Å². The summed E-state index contributed by atoms with van der Waals surface area (Å²) in [6.45, 7) is 3.66. The normalized spacial score (nSPS) is 13.6. The van der Waals surface area contributed by atoms with Gasteiger partial charge in [0.1, 0.15) is 5.69 Å². The third-order valence-electron chi connectivity index (χ3n) is 3.27. The number of nitrogens with zero attached hydrogens (tertiary/aromatic N) is 2. The zero-order chi connectivity index (χ0) is 15.3. The Morgan fingerprint density at radius 3 is 2.40 bits per heavy atom. The maximum atomic E-state index is 11.0. The van der Waals surface area contributed by atoms with Crippen molar-refractivity contribution in [2.45, 2.75) is 32.2 Å². The van der Waals surface area contributed by atoms with Crippen molar-refractivity contribution in [3.63, 3.8) is 0 Å². The fourth-order valence-corrected chi connectivity index (χ4v) is 1.79. The Morgan fingerprint density at radius 2 is 1.95 bits per heavy atom. The van der Waals surface area contributed by atoms with E-state index in [-0.39, 0.29) is 23.7 Å². The molecule has 1 atom stereocenters. The molecule has 0 aromatic heterocycles. The van der Waals surface area contributed by atoms with Crippen molar-refractivity contribution in [2.75, 3.05) is 11.9 Å². The summed E-state index contributed by atoms with van der Waals surface area (Å²) in [6, 6.07) is 3.46. The van der Waals surface area contributed by atoms with Gasteiger partial charge in [0.25, 0.3) is 11.4 Å². The maximum Gasteiger partial charge on any atom is 0.299 e. The van der Waals surface area contributed by atoms with E-state index in [0.29, 0.717) is 12.8 Å². The van der Waals surface area contributed by atoms with E-state index in [2.05, 4.69) is 5.32 Å². The molecule has 0 saturated heterocycles. The first kappa shape index (κ1) is 15.8. The summed E-state index contributed by atoms with van der Waals surface area (Å²) in [6.07, 6.45) is 1.05. The number of nitro groups is 2. The first-order chi connectivity index (χ1) is 9.33. The van der Waals surface area contributed by atoms with Crippen LogP contribution in [0.3, 0.4) is 0 Å². The molecule has 1 rings (SSSR count). The Bertz CT molecular complexity index is 520. The van der Waals surface area contributed by atoms with Crippen LogP contribution in [0.2, 0.25) is 0 Å². The number of non-ortho nitro benzene ring substituents is 1. The van der Waals surface area contributed by atoms with Crippen molar-refractivity contribution in [1.82, 2.24) is 0 Å². The van der Waals surface area contributed by atoms with E-state index in [0.717, 1.165) is 6.07 Å². The van der Waals surface area contributed by atoms with E-state index in [4.69, 9.17) is 5.11 Å². The standard InChI is InChI=1S/C12H17N3O5/c1-3-12(2,6-7-16)13-10-5-4-9(14(17)18)8-11(10)15(19)20/h4-5,8,13,16H,3,6-7H2,1-2H3. The van der Waals surface area contributed by atoms with Crippen LogP contribution in [-0.4, -0.2) is 27.1 Å². The summed E-state index contributed by atoms with van der Waals surface area (Å²) in [5, 5.41) is 33.7. The molecule has 110 valence electrons. The molecule has 0 radical (unpaired) electrons. The highest BCUT2D eigenvalue weighted by Gasteiger charge is 2.26. The van der Waals surface area contributed by atoms with E-state index in [9.17, 15) is 20.2 Å². The van der Waals surface area contributed by atoms with Gasteiger partial charge in [-0.25, -0.2) is 0 Å². The van der Waals surface area contributed by atoms with Gasteiger partial charge in [-0.15, -0.1) is 0 Å². The van der Waals surface area contributed by atoms with Gasteiger partial charge in [0.2, 0.25) is 0 Å². The SMILES string of the molecule is CCC(C)(CCO)Nc1ccc([N+](=O)[O-])cc1[N+](=O)[O-]. The number of aliphatic hydroxyl groups is 1. The molecule has 0 aliphatic rings. The molecule has 0 spiro atoms. The van der Waals surface area contributed by atoms with Gasteiger partial charge in [-0.05, 0) is 25.8 Å². The molecule has 0 aliphatic heterocycles. The van der Waals surface area contributed by atoms with Crippen molar-refractivity contribution in [1.29, 1.82) is 0 Å². The van der Waals surface area contributed by atoms with Crippen LogP contribution >= 0.6 is 0 Å². The molecule has 8 nitrogen and oxygen atoms in total. The number of anilines is 1. The third-order valence-corrected chi connectivity index (χ3v) is 3.27. The highest BCUT2D eigenvalue weighted by Crippen LogP contribution is 2.32. The summed E-state index contributed by atoms with van der Waals surface area (Å²) < 4.78 is 0. The average molecular weight is 283 g/mol. The third kappa shape index (κ3) is 3.64. The highest BCUT2D eigenvalue weighted by atomic mass is 16.6. The minimum atomic E-state index is -0.677. The smallest absolute Gasteiger partial charge is 0.299 e. The lowest BCUT2D eigenvalue weighted by molar-refractivity contribution is -0.393. The van der Waals surface area contributed by atoms with Crippen LogP contribution < -0.4 is 5.32 Å². The van der Waals surface area contributed by atoms with E-state index in [1.807, 2.05) is 13.8 Å². The second-order valence-electron chi connectivity index (χ2n) is 4.73. The van der Waals surface area contributed by atoms with Crippen LogP contribution in [0.5, 0.6) is 0 Å². The summed E-state index contributed by atoms with van der Waals surface area (Å²) in [5.74, 6) is 0. The van der Waals surface area contributed by atoms with Gasteiger partial charge < -0.3 is 10.4 Å². The molecule has 1 unspecified atom stereocenters. The first-order valence-corrected chi connectivity index (χ1v) is 6.15. The maximum absolute atomic E-state index is 11.0. The van der Waals surface area contributed by atoms with Gasteiger partial charge in [-0.1, -0.05) is 6.92 Å². The molecule has 0 fully saturated rings. The van der Waals surface area contributed by atoms with Crippen LogP contribution in [0.4, 0.5) is 17.1 Å². The van der Waals surface area contributed by atoms with E-state index >= 15 is 0 Å². The lowest BCUT2D eigenvalue weighted by Gasteiger charge is -2.29. The zero-order valence-corrected chi connectivity index (χ0v) is 11.3. The van der Waals surface area contributed by atoms with Gasteiger partial charge in [-0.3, -0.25) is 20.2 Å². The minimum absolute atomic E-state index is 0.0574. The van der Waals surface area contributed by atoms with Gasteiger partial charge >= 0.3 is 0 Å². The molecule has 0 bridgehead atoms. The summed E-state index contributed by atoms with van der Waals surface area (Å²) in [7, 11) is 0. The van der Waals surface area contributed by atoms with Gasteiger partial charge in [0.05, 0.1) is 15.9 Å². The predicted molar refractivity (Wildman–Crippen MR) is 73.8 cm³/mol. The number of hydrogen-bond acceptors (Lipinski definition) is 6. The predicted octanol–water partition coefficient (Wildman–Crippen LogP) is 2.47. The van der Waals surface area contributed by atoms with Crippen LogP contribution in [0.15, 0.2) is 18.2 Å². The van der Waals surface area contributed by atoms with E-state index in [1.165, 1.54) is 12.1 Å². The van der Waals surface area contributed by atoms with Gasteiger partial charge in [-0.2, -0.15) is 0 Å². The van der Waals surface area contributed by atoms with Crippen molar-refractivity contribution < 1.29 is 15.0 Å². The van der Waals surface area contributed by atoms with Crippen molar-refractivity contribution in [2.24, 2.45) is 0 Å². The number of rotatable bonds is 7. The van der Waals surface area contributed by atoms with Crippen molar-refractivity contribution in [3.05, 3.63) is 38.4 Å². The molecule has 8 heteroatoms. The van der Waals surface area contributed by atoms with Crippen LogP contribution in [0.25, 0.3) is 0 Å². The molecular weight excluding hydrogens is 266 g/mol. The first-order valence-electron chi connectivity index (χ1n) is 6.15. The monoisotopic (exact) mass is 283 g/mol. The van der Waals surface area contributed by atoms with Gasteiger partial charge in [0.15, 0.2) is 0 Å². The lowest BCUT2D eigenvalue weighted by Crippen LogP contribution is -2.35. The quantitative estimate of drug-likeness (QED) is 0.586. The molecule has 20 heavy (non-hydrogen) atoms. The Labute approximate surface area is 115 Å². The van der Waals surface area contributed by atoms with Crippen LogP contribution in [-0.2, 0) is 0 Å². The summed E-state index contributed by atoms with van der Waals surface area (Å²) >= 11 is 0. The topological polar surface area (TPSA) is 119 Å². The molecule has 0 heterocycles. The summed E-state index contributed by atoms with van der Waals surface area (Å²) in [5.41, 5.74) is -0.992. The number of aliphatic hydroxyl groups excluding tert-OH is 1. The minimum Gasteiger partial charge on any atom is -0.396 e. The Hall–Kier alpha value is -2.22. The Kier molecular flexibility index (Phi) is 4.98. The fourth-order valence-electron chi connectivity index (χ4n) is 1.79. The van der Waals surface area contributed by atoms with Crippen molar-refractivity contribution in [3.8, 4) is 0 Å². The largest absolute Gasteiger partial charge is 0.396 e. The number of nitro benzene ring substituents is 2. The summed E-state index contributed by atoms with van der Waals surface area (Å²) in [4.78, 5) is 20.3. The zero-order valence-electron chi connectivity index (χ0n) is 11.3. The molecule has 2 N–H and O–H groups in total. The van der Waals surface area contributed by atoms with Crippen LogP contribution in [0, 0.1) is 20.2 Å². The molecule has 1 aromatic carbocycles. The molecule has 1 aromatic rings. The average Bonchev–Trinajstić information content (AvgIpc) is 2.38. The van der Waals surface area contributed by atoms with Crippen LogP contribution in [0.1, 0.15) is 26.7 Å². The van der Waals surface area contributed by atoms with E-state index < -0.39 is 15.4 Å². The number of nitrogens with one attached hydrogen (secondary N) is 1. The molecule has 0 aliphatic carbocycles. The Balaban J connectivity index is 3.17. The van der Waals surface area contributed by atoms with E-state index in [1.54, 1.807) is 0 Å². The second-order valence-corrected chi connectivity index (χ2v) is 4.73. The second kappa shape index (κ2) is 6.29. The highest BCUT2D eigenvalue weighted by molar-refractivity contribution is 5.66. The fraction of sp³-hybridized carbons (Fsp3) is 0.500. The lowest BCUT2D eigenvalue weighted by atomic mass is 9.94. The van der Waals surface area contributed by atoms with Crippen molar-refractivity contribution >= 4 is 17.1 Å². The number of hydrogen-bond donors (Lipinski definition) is 2. The molecule has 0 amide bonds. The number of benzene rings is 1. The Morgan fingerprint density at radius 1 is 1.30 bits per heavy atom.